The number of methoxy groups -OCH3 is 2. The molecule has 36 heavy (non-hydrogen) atoms. The lowest BCUT2D eigenvalue weighted by atomic mass is 10.7. The molecule has 0 saturated heterocycles. The maximum Gasteiger partial charge on any atom is 0.331 e. The number of carbonyl (C=O) groups is 4. The van der Waals surface area contributed by atoms with Crippen molar-refractivity contribution in [3.8, 4) is 0 Å². The Balaban J connectivity index is -0.000000460. The standard InChI is InChI=1S/C8H14O6.C6H10O6.C6H14O4/c1-11-7(9)5-13-3-4-14-6-8(10)12-2;7-5(8)3-11-1-2-12-4-6(9)10;7-1-3-9-5-6-10-4-2-8/h3-6H2,1-2H3;1-4H2,(H,7,8)(H,9,10);7-8H,1-6H2. The van der Waals surface area contributed by atoms with Gasteiger partial charge in [0.05, 0.1) is 80.3 Å². The number of aliphatic hydroxyl groups excluding tert-OH is 2. The fourth-order valence-corrected chi connectivity index (χ4v) is 1.43. The molecule has 0 aromatic rings. The molecule has 0 aliphatic rings. The molecule has 16 nitrogen and oxygen atoms in total. The first kappa shape index (κ1) is 38.1. The SMILES string of the molecule is COC(=O)COCCOCC(=O)OC.O=C(O)COCCOCC(=O)O.OCCOCCOCCO. The van der Waals surface area contributed by atoms with E-state index in [1.807, 2.05) is 0 Å². The fraction of sp³-hybridized carbons (Fsp3) is 0.800. The van der Waals surface area contributed by atoms with Crippen LogP contribution in [0.15, 0.2) is 0 Å². The maximum atomic E-state index is 10.5. The Morgan fingerprint density at radius 2 is 0.750 bits per heavy atom. The smallest absolute Gasteiger partial charge is 0.331 e. The van der Waals surface area contributed by atoms with Crippen molar-refractivity contribution in [3.05, 3.63) is 0 Å². The van der Waals surface area contributed by atoms with Crippen LogP contribution < -0.4 is 0 Å². The molecule has 0 amide bonds. The van der Waals surface area contributed by atoms with Gasteiger partial charge in [-0.15, -0.1) is 0 Å². The van der Waals surface area contributed by atoms with Gasteiger partial charge in [0.1, 0.15) is 26.4 Å². The highest BCUT2D eigenvalue weighted by molar-refractivity contribution is 5.70. The molecule has 0 aromatic carbocycles. The quantitative estimate of drug-likeness (QED) is 0.0886. The van der Waals surface area contributed by atoms with Gasteiger partial charge in [0.15, 0.2) is 0 Å². The van der Waals surface area contributed by atoms with E-state index in [1.165, 1.54) is 14.2 Å². The van der Waals surface area contributed by atoms with Crippen LogP contribution in [0.4, 0.5) is 0 Å². The Kier molecular flexibility index (Phi) is 34.5. The van der Waals surface area contributed by atoms with Crippen LogP contribution in [0, 0.1) is 0 Å². The number of hydrogen-bond donors (Lipinski definition) is 4. The first-order valence-electron chi connectivity index (χ1n) is 10.5. The number of carbonyl (C=O) groups excluding carboxylic acids is 2. The number of ether oxygens (including phenoxy) is 8. The van der Waals surface area contributed by atoms with E-state index in [0.717, 1.165) is 0 Å². The summed E-state index contributed by atoms with van der Waals surface area (Å²) in [6.07, 6.45) is 0. The van der Waals surface area contributed by atoms with E-state index in [2.05, 4.69) is 18.9 Å². The fourth-order valence-electron chi connectivity index (χ4n) is 1.43. The predicted molar refractivity (Wildman–Crippen MR) is 118 cm³/mol. The van der Waals surface area contributed by atoms with Crippen LogP contribution in [0.25, 0.3) is 0 Å². The van der Waals surface area contributed by atoms with Gasteiger partial charge >= 0.3 is 23.9 Å². The molecular weight excluding hydrogens is 496 g/mol. The van der Waals surface area contributed by atoms with Crippen LogP contribution >= 0.6 is 0 Å². The van der Waals surface area contributed by atoms with Crippen molar-refractivity contribution >= 4 is 23.9 Å². The van der Waals surface area contributed by atoms with Crippen molar-refractivity contribution in [2.75, 3.05) is 107 Å². The van der Waals surface area contributed by atoms with Crippen LogP contribution in [-0.2, 0) is 57.1 Å². The second-order valence-corrected chi connectivity index (χ2v) is 5.82. The Morgan fingerprint density at radius 1 is 0.472 bits per heavy atom. The normalized spacial score (nSPS) is 9.78. The molecule has 214 valence electrons. The molecular formula is C20H38O16. The summed E-state index contributed by atoms with van der Waals surface area (Å²) in [6, 6.07) is 0. The number of carboxylic acids is 2. The highest BCUT2D eigenvalue weighted by Crippen LogP contribution is 1.83. The number of carboxylic acid groups (broad SMARTS) is 2. The summed E-state index contributed by atoms with van der Waals surface area (Å²) in [7, 11) is 2.55. The van der Waals surface area contributed by atoms with E-state index in [1.54, 1.807) is 0 Å². The molecule has 0 aliphatic heterocycles. The molecule has 4 N–H and O–H groups in total. The van der Waals surface area contributed by atoms with Crippen molar-refractivity contribution in [1.29, 1.82) is 0 Å². The van der Waals surface area contributed by atoms with Gasteiger partial charge in [0.25, 0.3) is 0 Å². The minimum Gasteiger partial charge on any atom is -0.480 e. The number of aliphatic carboxylic acids is 2. The van der Waals surface area contributed by atoms with Crippen molar-refractivity contribution in [3.63, 3.8) is 0 Å². The van der Waals surface area contributed by atoms with Gasteiger partial charge in [-0.1, -0.05) is 0 Å². The highest BCUT2D eigenvalue weighted by atomic mass is 16.6. The van der Waals surface area contributed by atoms with E-state index in [4.69, 9.17) is 39.4 Å². The summed E-state index contributed by atoms with van der Waals surface area (Å²) >= 11 is 0. The lowest BCUT2D eigenvalue weighted by Gasteiger charge is -2.03. The third-order valence-corrected chi connectivity index (χ3v) is 2.93. The third-order valence-electron chi connectivity index (χ3n) is 2.93. The van der Waals surface area contributed by atoms with Gasteiger partial charge in [-0.2, -0.15) is 0 Å². The van der Waals surface area contributed by atoms with Crippen molar-refractivity contribution in [1.82, 2.24) is 0 Å². The van der Waals surface area contributed by atoms with E-state index in [0.29, 0.717) is 26.4 Å². The average molecular weight is 535 g/mol. The first-order valence-corrected chi connectivity index (χ1v) is 10.5. The summed E-state index contributed by atoms with van der Waals surface area (Å²) in [5, 5.41) is 32.7. The molecule has 0 atom stereocenters. The molecule has 0 spiro atoms. The minimum atomic E-state index is -1.06. The number of esters is 2. The topological polar surface area (TPSA) is 223 Å². The summed E-state index contributed by atoms with van der Waals surface area (Å²) in [6.45, 7) is 1.34. The Labute approximate surface area is 208 Å². The highest BCUT2D eigenvalue weighted by Gasteiger charge is 2.01. The molecule has 0 bridgehead atoms. The van der Waals surface area contributed by atoms with Crippen LogP contribution in [0.1, 0.15) is 0 Å². The summed E-state index contributed by atoms with van der Waals surface area (Å²) < 4.78 is 37.2. The Hall–Kier alpha value is -2.44. The second-order valence-electron chi connectivity index (χ2n) is 5.82. The molecule has 0 aliphatic carbocycles. The van der Waals surface area contributed by atoms with Crippen LogP contribution in [-0.4, -0.2) is 151 Å². The zero-order valence-electron chi connectivity index (χ0n) is 20.6. The van der Waals surface area contributed by atoms with Crippen molar-refractivity contribution < 1.29 is 77.5 Å². The van der Waals surface area contributed by atoms with Gasteiger partial charge < -0.3 is 58.3 Å². The lowest BCUT2D eigenvalue weighted by Crippen LogP contribution is -2.16. The van der Waals surface area contributed by atoms with E-state index >= 15 is 0 Å². The van der Waals surface area contributed by atoms with Crippen molar-refractivity contribution in [2.45, 2.75) is 0 Å². The van der Waals surface area contributed by atoms with E-state index < -0.39 is 37.1 Å². The zero-order valence-corrected chi connectivity index (χ0v) is 20.6. The van der Waals surface area contributed by atoms with E-state index in [-0.39, 0.29) is 52.9 Å². The molecule has 0 aromatic heterocycles. The van der Waals surface area contributed by atoms with Crippen molar-refractivity contribution in [2.24, 2.45) is 0 Å². The number of aliphatic hydroxyl groups is 2. The number of hydrogen-bond acceptors (Lipinski definition) is 14. The van der Waals surface area contributed by atoms with Crippen LogP contribution in [0.5, 0.6) is 0 Å². The minimum absolute atomic E-state index is 0.0417. The predicted octanol–water partition coefficient (Wildman–Crippen LogP) is -2.44. The molecule has 0 heterocycles. The maximum absolute atomic E-state index is 10.5. The molecule has 0 radical (unpaired) electrons. The van der Waals surface area contributed by atoms with Crippen LogP contribution in [0.2, 0.25) is 0 Å². The molecule has 0 fully saturated rings. The summed E-state index contributed by atoms with van der Waals surface area (Å²) in [4.78, 5) is 40.8. The summed E-state index contributed by atoms with van der Waals surface area (Å²) in [5.41, 5.74) is 0. The monoisotopic (exact) mass is 534 g/mol. The average Bonchev–Trinajstić information content (AvgIpc) is 2.85. The largest absolute Gasteiger partial charge is 0.480 e. The Bertz CT molecular complexity index is 482. The second kappa shape index (κ2) is 32.6. The zero-order chi connectivity index (χ0) is 27.9. The first-order chi connectivity index (χ1) is 17.2. The van der Waals surface area contributed by atoms with Gasteiger partial charge in [0, 0.05) is 0 Å². The third kappa shape index (κ3) is 41.8. The lowest BCUT2D eigenvalue weighted by molar-refractivity contribution is -0.149. The van der Waals surface area contributed by atoms with Crippen LogP contribution in [0.3, 0.4) is 0 Å². The van der Waals surface area contributed by atoms with Gasteiger partial charge in [0.2, 0.25) is 0 Å². The number of rotatable bonds is 21. The Morgan fingerprint density at radius 3 is 1.00 bits per heavy atom. The molecule has 0 unspecified atom stereocenters. The molecule has 0 saturated carbocycles. The molecule has 16 heteroatoms. The summed E-state index contributed by atoms with van der Waals surface area (Å²) in [5.74, 6) is -3.02. The van der Waals surface area contributed by atoms with Gasteiger partial charge in [-0.05, 0) is 0 Å². The van der Waals surface area contributed by atoms with E-state index in [9.17, 15) is 19.2 Å². The molecule has 0 rings (SSSR count). The van der Waals surface area contributed by atoms with Gasteiger partial charge in [-0.3, -0.25) is 0 Å². The van der Waals surface area contributed by atoms with Gasteiger partial charge in [-0.25, -0.2) is 19.2 Å².